The van der Waals surface area contributed by atoms with Gasteiger partial charge in [0.25, 0.3) is 0 Å². The minimum Gasteiger partial charge on any atom is -0.340 e. The first-order chi connectivity index (χ1) is 7.79. The third-order valence-electron chi connectivity index (χ3n) is 3.26. The Morgan fingerprint density at radius 2 is 2.44 bits per heavy atom. The van der Waals surface area contributed by atoms with Crippen LogP contribution in [0.5, 0.6) is 0 Å². The Kier molecular flexibility index (Phi) is 4.29. The van der Waals surface area contributed by atoms with E-state index in [-0.39, 0.29) is 0 Å². The number of aromatic nitrogens is 2. The smallest absolute Gasteiger partial charge is 0.165 e. The van der Waals surface area contributed by atoms with Gasteiger partial charge in [0.2, 0.25) is 0 Å². The van der Waals surface area contributed by atoms with Gasteiger partial charge >= 0.3 is 0 Å². The fraction of sp³-hybridized carbons (Fsp3) is 0.750. The Bertz CT molecular complexity index is 299. The molecule has 0 saturated heterocycles. The third-order valence-corrected chi connectivity index (χ3v) is 4.53. The minimum atomic E-state index is 0.649. The Labute approximate surface area is 102 Å². The lowest BCUT2D eigenvalue weighted by molar-refractivity contribution is 0.320. The molecule has 1 aromatic heterocycles. The van der Waals surface area contributed by atoms with Crippen LogP contribution >= 0.6 is 11.8 Å². The van der Waals surface area contributed by atoms with Crippen LogP contribution in [-0.2, 0) is 0 Å². The molecule has 4 heteroatoms. The summed E-state index contributed by atoms with van der Waals surface area (Å²) in [7, 11) is 0. The van der Waals surface area contributed by atoms with Gasteiger partial charge in [-0.2, -0.15) is 0 Å². The first kappa shape index (κ1) is 12.0. The van der Waals surface area contributed by atoms with Crippen LogP contribution in [0.3, 0.4) is 0 Å². The van der Waals surface area contributed by atoms with Crippen LogP contribution < -0.4 is 5.32 Å². The van der Waals surface area contributed by atoms with Crippen molar-refractivity contribution < 1.29 is 0 Å². The Morgan fingerprint density at radius 1 is 1.56 bits per heavy atom. The SMILES string of the molecule is CCNC1CCC(C)CC1Sc1ncc[nH]1. The van der Waals surface area contributed by atoms with Crippen molar-refractivity contribution in [1.82, 2.24) is 15.3 Å². The van der Waals surface area contributed by atoms with Gasteiger partial charge in [-0.05, 0) is 31.7 Å². The summed E-state index contributed by atoms with van der Waals surface area (Å²) in [6.45, 7) is 5.61. The van der Waals surface area contributed by atoms with E-state index < -0.39 is 0 Å². The molecule has 1 aliphatic rings. The molecule has 3 nitrogen and oxygen atoms in total. The van der Waals surface area contributed by atoms with E-state index in [1.54, 1.807) is 0 Å². The molecular weight excluding hydrogens is 218 g/mol. The number of H-pyrrole nitrogens is 1. The van der Waals surface area contributed by atoms with E-state index in [1.165, 1.54) is 19.3 Å². The molecule has 0 aliphatic heterocycles. The van der Waals surface area contributed by atoms with Gasteiger partial charge in [-0.15, -0.1) is 0 Å². The fourth-order valence-electron chi connectivity index (χ4n) is 2.41. The highest BCUT2D eigenvalue weighted by Gasteiger charge is 2.29. The summed E-state index contributed by atoms with van der Waals surface area (Å²) in [6, 6.07) is 0.649. The lowest BCUT2D eigenvalue weighted by Crippen LogP contribution is -2.42. The van der Waals surface area contributed by atoms with Gasteiger partial charge in [-0.1, -0.05) is 25.6 Å². The van der Waals surface area contributed by atoms with Crippen LogP contribution in [0.15, 0.2) is 17.6 Å². The molecule has 0 spiro atoms. The number of thioether (sulfide) groups is 1. The molecule has 90 valence electrons. The van der Waals surface area contributed by atoms with Crippen molar-refractivity contribution in [2.75, 3.05) is 6.54 Å². The second kappa shape index (κ2) is 5.73. The second-order valence-electron chi connectivity index (χ2n) is 4.63. The van der Waals surface area contributed by atoms with Gasteiger partial charge in [-0.3, -0.25) is 0 Å². The first-order valence-electron chi connectivity index (χ1n) is 6.19. The molecule has 16 heavy (non-hydrogen) atoms. The van der Waals surface area contributed by atoms with Gasteiger partial charge in [0.15, 0.2) is 5.16 Å². The number of imidazole rings is 1. The van der Waals surface area contributed by atoms with Crippen LogP contribution in [0, 0.1) is 5.92 Å². The largest absolute Gasteiger partial charge is 0.340 e. The highest BCUT2D eigenvalue weighted by atomic mass is 32.2. The molecule has 0 aromatic carbocycles. The zero-order chi connectivity index (χ0) is 11.4. The number of hydrogen-bond acceptors (Lipinski definition) is 3. The second-order valence-corrected chi connectivity index (χ2v) is 5.86. The van der Waals surface area contributed by atoms with E-state index >= 15 is 0 Å². The average Bonchev–Trinajstić information content (AvgIpc) is 2.75. The monoisotopic (exact) mass is 239 g/mol. The van der Waals surface area contributed by atoms with Gasteiger partial charge < -0.3 is 10.3 Å². The van der Waals surface area contributed by atoms with Crippen molar-refractivity contribution in [3.8, 4) is 0 Å². The van der Waals surface area contributed by atoms with Gasteiger partial charge in [0.1, 0.15) is 0 Å². The van der Waals surface area contributed by atoms with E-state index in [4.69, 9.17) is 0 Å². The summed E-state index contributed by atoms with van der Waals surface area (Å²) in [5.41, 5.74) is 0. The maximum absolute atomic E-state index is 4.31. The molecule has 1 aromatic rings. The van der Waals surface area contributed by atoms with E-state index in [2.05, 4.69) is 29.1 Å². The van der Waals surface area contributed by atoms with Crippen molar-refractivity contribution in [3.05, 3.63) is 12.4 Å². The fourth-order valence-corrected chi connectivity index (χ4v) is 3.78. The summed E-state index contributed by atoms with van der Waals surface area (Å²) in [5.74, 6) is 0.849. The number of hydrogen-bond donors (Lipinski definition) is 2. The normalized spacial score (nSPS) is 30.5. The summed E-state index contributed by atoms with van der Waals surface area (Å²) >= 11 is 1.89. The van der Waals surface area contributed by atoms with Crippen LogP contribution in [0.4, 0.5) is 0 Å². The third kappa shape index (κ3) is 3.01. The van der Waals surface area contributed by atoms with Crippen molar-refractivity contribution in [2.45, 2.75) is 49.6 Å². The molecule has 0 bridgehead atoms. The number of nitrogens with one attached hydrogen (secondary N) is 2. The zero-order valence-electron chi connectivity index (χ0n) is 10.1. The molecular formula is C12H21N3S. The number of aromatic amines is 1. The highest BCUT2D eigenvalue weighted by molar-refractivity contribution is 7.99. The Balaban J connectivity index is 1.96. The molecule has 2 rings (SSSR count). The number of nitrogens with zero attached hydrogens (tertiary/aromatic N) is 1. The summed E-state index contributed by atoms with van der Waals surface area (Å²) in [6.07, 6.45) is 7.68. The molecule has 1 aliphatic carbocycles. The quantitative estimate of drug-likeness (QED) is 0.848. The maximum atomic E-state index is 4.31. The van der Waals surface area contributed by atoms with E-state index in [0.717, 1.165) is 17.6 Å². The molecule has 1 saturated carbocycles. The highest BCUT2D eigenvalue weighted by Crippen LogP contribution is 2.34. The van der Waals surface area contributed by atoms with Crippen LogP contribution in [0.2, 0.25) is 0 Å². The van der Waals surface area contributed by atoms with Crippen molar-refractivity contribution in [2.24, 2.45) is 5.92 Å². The van der Waals surface area contributed by atoms with E-state index in [0.29, 0.717) is 11.3 Å². The van der Waals surface area contributed by atoms with Crippen molar-refractivity contribution in [3.63, 3.8) is 0 Å². The maximum Gasteiger partial charge on any atom is 0.165 e. The molecule has 1 heterocycles. The average molecular weight is 239 g/mol. The Hall–Kier alpha value is -0.480. The first-order valence-corrected chi connectivity index (χ1v) is 7.07. The van der Waals surface area contributed by atoms with Gasteiger partial charge in [0.05, 0.1) is 0 Å². The predicted octanol–water partition coefficient (Wildman–Crippen LogP) is 2.67. The molecule has 2 N–H and O–H groups in total. The van der Waals surface area contributed by atoms with E-state index in [9.17, 15) is 0 Å². The topological polar surface area (TPSA) is 40.7 Å². The van der Waals surface area contributed by atoms with Crippen LogP contribution in [0.25, 0.3) is 0 Å². The molecule has 0 radical (unpaired) electrons. The van der Waals surface area contributed by atoms with Crippen molar-refractivity contribution in [1.29, 1.82) is 0 Å². The van der Waals surface area contributed by atoms with Crippen molar-refractivity contribution >= 4 is 11.8 Å². The molecule has 1 fully saturated rings. The minimum absolute atomic E-state index is 0.649. The zero-order valence-corrected chi connectivity index (χ0v) is 10.9. The molecule has 3 atom stereocenters. The van der Waals surface area contributed by atoms with Gasteiger partial charge in [-0.25, -0.2) is 4.98 Å². The number of rotatable bonds is 4. The summed E-state index contributed by atoms with van der Waals surface area (Å²) in [5, 5.41) is 5.32. The standard InChI is InChI=1S/C12H21N3S/c1-3-13-10-5-4-9(2)8-11(10)16-12-14-6-7-15-12/h6-7,9-11,13H,3-5,8H2,1-2H3,(H,14,15). The van der Waals surface area contributed by atoms with Gasteiger partial charge in [0, 0.05) is 23.7 Å². The van der Waals surface area contributed by atoms with Crippen LogP contribution in [-0.4, -0.2) is 27.8 Å². The lowest BCUT2D eigenvalue weighted by atomic mass is 9.87. The summed E-state index contributed by atoms with van der Waals surface area (Å²) < 4.78 is 0. The predicted molar refractivity (Wildman–Crippen MR) is 68.7 cm³/mol. The molecule has 3 unspecified atom stereocenters. The van der Waals surface area contributed by atoms with E-state index in [1.807, 2.05) is 24.2 Å². The Morgan fingerprint density at radius 3 is 3.12 bits per heavy atom. The molecule has 0 amide bonds. The lowest BCUT2D eigenvalue weighted by Gasteiger charge is -2.34. The summed E-state index contributed by atoms with van der Waals surface area (Å²) in [4.78, 5) is 7.50. The van der Waals surface area contributed by atoms with Crippen LogP contribution in [0.1, 0.15) is 33.1 Å².